The van der Waals surface area contributed by atoms with Gasteiger partial charge in [0.05, 0.1) is 23.1 Å². The molecule has 0 spiro atoms. The number of hydrogen-bond donors (Lipinski definition) is 0. The molecule has 39 heavy (non-hydrogen) atoms. The van der Waals surface area contributed by atoms with Gasteiger partial charge in [0.25, 0.3) is 5.91 Å². The molecule has 0 radical (unpaired) electrons. The van der Waals surface area contributed by atoms with Gasteiger partial charge in [0.15, 0.2) is 0 Å². The maximum atomic E-state index is 13.5. The van der Waals surface area contributed by atoms with Crippen LogP contribution in [-0.2, 0) is 5.41 Å². The van der Waals surface area contributed by atoms with Crippen molar-refractivity contribution in [3.63, 3.8) is 0 Å². The average molecular weight is 536 g/mol. The van der Waals surface area contributed by atoms with Gasteiger partial charge in [-0.2, -0.15) is 0 Å². The predicted octanol–water partition coefficient (Wildman–Crippen LogP) is 7.67. The molecule has 2 aliphatic heterocycles. The number of carbonyl (C=O) groups is 1. The molecule has 2 bridgehead atoms. The highest BCUT2D eigenvalue weighted by Gasteiger charge is 2.45. The Morgan fingerprint density at radius 2 is 1.72 bits per heavy atom. The van der Waals surface area contributed by atoms with Gasteiger partial charge in [-0.15, -0.1) is 9.24 Å². The van der Waals surface area contributed by atoms with Crippen LogP contribution in [0.2, 0.25) is 0 Å². The summed E-state index contributed by atoms with van der Waals surface area (Å²) < 4.78 is 2.46. The maximum Gasteiger partial charge on any atom is 0.254 e. The van der Waals surface area contributed by atoms with Gasteiger partial charge in [-0.1, -0.05) is 57.5 Å². The van der Waals surface area contributed by atoms with Crippen LogP contribution in [0.25, 0.3) is 22.2 Å². The largest absolute Gasteiger partial charge is 0.331 e. The second kappa shape index (κ2) is 9.03. The first kappa shape index (κ1) is 25.0. The van der Waals surface area contributed by atoms with Crippen molar-refractivity contribution < 1.29 is 4.79 Å². The molecule has 3 atom stereocenters. The summed E-state index contributed by atoms with van der Waals surface area (Å²) in [4.78, 5) is 20.6. The van der Waals surface area contributed by atoms with Gasteiger partial charge in [-0.3, -0.25) is 4.79 Å². The van der Waals surface area contributed by atoms with Gasteiger partial charge in [0, 0.05) is 19.0 Å². The molecule has 2 saturated carbocycles. The summed E-state index contributed by atoms with van der Waals surface area (Å²) in [5.74, 6) is 1.76. The van der Waals surface area contributed by atoms with E-state index in [1.807, 2.05) is 31.9 Å². The van der Waals surface area contributed by atoms with E-state index in [4.69, 9.17) is 4.98 Å². The second-order valence-electron chi connectivity index (χ2n) is 12.0. The molecule has 8 rings (SSSR count). The highest BCUT2D eigenvalue weighted by Crippen LogP contribution is 2.52. The van der Waals surface area contributed by atoms with Gasteiger partial charge in [0.1, 0.15) is 5.82 Å². The molecule has 2 aliphatic carbocycles. The van der Waals surface area contributed by atoms with E-state index in [9.17, 15) is 4.79 Å². The maximum absolute atomic E-state index is 13.5. The number of imidazole rings is 1. The Morgan fingerprint density at radius 3 is 2.41 bits per heavy atom. The van der Waals surface area contributed by atoms with Crippen molar-refractivity contribution in [1.29, 1.82) is 0 Å². The van der Waals surface area contributed by atoms with Crippen LogP contribution in [0.15, 0.2) is 54.6 Å². The van der Waals surface area contributed by atoms with Crippen LogP contribution in [0, 0.1) is 0 Å². The molecular weight excluding hydrogens is 497 g/mol. The van der Waals surface area contributed by atoms with Crippen LogP contribution < -0.4 is 5.30 Å². The zero-order valence-electron chi connectivity index (χ0n) is 23.5. The zero-order chi connectivity index (χ0) is 27.1. The molecule has 4 aliphatic rings. The van der Waals surface area contributed by atoms with Gasteiger partial charge in [-0.05, 0) is 94.4 Å². The first-order chi connectivity index (χ1) is 18.9. The fourth-order valence-electron chi connectivity index (χ4n) is 7.35. The Balaban J connectivity index is 0.00000124. The predicted molar refractivity (Wildman–Crippen MR) is 163 cm³/mol. The van der Waals surface area contributed by atoms with Crippen molar-refractivity contribution in [2.24, 2.45) is 0 Å². The van der Waals surface area contributed by atoms with Crippen LogP contribution in [0.5, 0.6) is 0 Å². The van der Waals surface area contributed by atoms with E-state index in [1.165, 1.54) is 70.7 Å². The van der Waals surface area contributed by atoms with Crippen LogP contribution in [0.1, 0.15) is 110 Å². The van der Waals surface area contributed by atoms with E-state index >= 15 is 0 Å². The highest BCUT2D eigenvalue weighted by atomic mass is 31.0. The topological polar surface area (TPSA) is 38.1 Å². The number of rotatable bonds is 3. The lowest BCUT2D eigenvalue weighted by atomic mass is 9.66. The summed E-state index contributed by atoms with van der Waals surface area (Å²) in [5, 5.41) is 1.31. The summed E-state index contributed by atoms with van der Waals surface area (Å²) in [5.41, 5.74) is 9.99. The van der Waals surface area contributed by atoms with Gasteiger partial charge in [0.2, 0.25) is 0 Å². The minimum atomic E-state index is 0.00829. The Labute approximate surface area is 234 Å². The molecule has 4 aromatic rings. The van der Waals surface area contributed by atoms with Crippen molar-refractivity contribution in [3.05, 3.63) is 82.7 Å². The molecule has 1 aromatic heterocycles. The smallest absolute Gasteiger partial charge is 0.254 e. The Morgan fingerprint density at radius 1 is 0.974 bits per heavy atom. The van der Waals surface area contributed by atoms with Crippen molar-refractivity contribution in [2.45, 2.75) is 82.7 Å². The lowest BCUT2D eigenvalue weighted by molar-refractivity contribution is 0.0734. The number of hydrogen-bond acceptors (Lipinski definition) is 2. The number of amides is 1. The Bertz CT molecular complexity index is 1630. The third-order valence-electron chi connectivity index (χ3n) is 9.77. The third kappa shape index (κ3) is 3.67. The van der Waals surface area contributed by atoms with Crippen molar-refractivity contribution in [1.82, 2.24) is 14.5 Å². The standard InChI is InChI=1S/C32H32N3OP.C2H6/c1-32(13-4-14-32)23-11-9-20(16-28(23)37)19-10-12-24-25(15-19)35-26-17-27(30(35)33-24)34(2)31(36)22-6-3-5-21(29(22)26)18-7-8-18;1-2/h3,5-6,9-12,15-16,18,26-27H,4,7-8,13-14,17,37H2,1-2H3;1-2H3. The number of fused-ring (bicyclic) bond motifs is 9. The van der Waals surface area contributed by atoms with Gasteiger partial charge < -0.3 is 9.47 Å². The average Bonchev–Trinajstić information content (AvgIpc) is 3.65. The van der Waals surface area contributed by atoms with Crippen LogP contribution in [0.4, 0.5) is 0 Å². The number of aromatic nitrogens is 2. The normalized spacial score (nSPS) is 22.5. The third-order valence-corrected chi connectivity index (χ3v) is 10.3. The van der Waals surface area contributed by atoms with Crippen LogP contribution in [-0.4, -0.2) is 27.4 Å². The molecule has 4 nitrogen and oxygen atoms in total. The lowest BCUT2D eigenvalue weighted by Gasteiger charge is -2.40. The molecule has 200 valence electrons. The monoisotopic (exact) mass is 535 g/mol. The zero-order valence-corrected chi connectivity index (χ0v) is 24.7. The Hall–Kier alpha value is -2.97. The summed E-state index contributed by atoms with van der Waals surface area (Å²) >= 11 is 0. The molecule has 1 amide bonds. The first-order valence-electron chi connectivity index (χ1n) is 14.8. The van der Waals surface area contributed by atoms with E-state index in [-0.39, 0.29) is 18.0 Å². The number of benzene rings is 3. The summed E-state index contributed by atoms with van der Waals surface area (Å²) in [7, 11) is 4.95. The molecule has 5 heteroatoms. The SMILES string of the molecule is CC.CN1C(=O)c2cccc(C3CC3)c2C2CC1c1nc3ccc(-c4ccc(C5(C)CCC5)c(P)c4)cc3n12. The summed E-state index contributed by atoms with van der Waals surface area (Å²) in [6.07, 6.45) is 7.26. The molecule has 0 N–H and O–H groups in total. The first-order valence-corrected chi connectivity index (χ1v) is 15.3. The summed E-state index contributed by atoms with van der Waals surface area (Å²) in [6, 6.07) is 20.2. The second-order valence-corrected chi connectivity index (χ2v) is 12.6. The van der Waals surface area contributed by atoms with E-state index in [0.29, 0.717) is 11.3 Å². The number of carbonyl (C=O) groups excluding carboxylic acids is 1. The Kier molecular flexibility index (Phi) is 5.79. The molecule has 3 unspecified atom stereocenters. The lowest BCUT2D eigenvalue weighted by Crippen LogP contribution is -2.33. The highest BCUT2D eigenvalue weighted by molar-refractivity contribution is 7.27. The van der Waals surface area contributed by atoms with E-state index in [0.717, 1.165) is 23.3 Å². The van der Waals surface area contributed by atoms with E-state index in [2.05, 4.69) is 69.3 Å². The molecule has 3 heterocycles. The minimum Gasteiger partial charge on any atom is -0.331 e. The van der Waals surface area contributed by atoms with Crippen LogP contribution in [0.3, 0.4) is 0 Å². The van der Waals surface area contributed by atoms with Crippen LogP contribution >= 0.6 is 9.24 Å². The van der Waals surface area contributed by atoms with Gasteiger partial charge in [-0.25, -0.2) is 4.98 Å². The minimum absolute atomic E-state index is 0.00829. The van der Waals surface area contributed by atoms with Crippen molar-refractivity contribution >= 4 is 31.5 Å². The fraction of sp³-hybridized carbons (Fsp3) is 0.412. The summed E-state index contributed by atoms with van der Waals surface area (Å²) in [6.45, 7) is 6.40. The molecule has 3 aromatic carbocycles. The quantitative estimate of drug-likeness (QED) is 0.253. The fourth-order valence-corrected chi connectivity index (χ4v) is 7.97. The van der Waals surface area contributed by atoms with E-state index in [1.54, 1.807) is 0 Å². The molecule has 2 fully saturated rings. The number of nitrogens with zero attached hydrogens (tertiary/aromatic N) is 3. The van der Waals surface area contributed by atoms with Crippen molar-refractivity contribution in [3.8, 4) is 11.1 Å². The van der Waals surface area contributed by atoms with Gasteiger partial charge >= 0.3 is 0 Å². The molecule has 0 saturated heterocycles. The van der Waals surface area contributed by atoms with Crippen molar-refractivity contribution in [2.75, 3.05) is 7.05 Å². The molecular formula is C34H38N3OP. The van der Waals surface area contributed by atoms with E-state index < -0.39 is 0 Å².